The SMILES string of the molecule is C#CC(=O)NCC(=O)NCC. The maximum atomic E-state index is 10.7. The van der Waals surface area contributed by atoms with Crippen molar-refractivity contribution in [3.05, 3.63) is 0 Å². The first-order valence-corrected chi connectivity index (χ1v) is 3.21. The topological polar surface area (TPSA) is 58.2 Å². The van der Waals surface area contributed by atoms with Crippen LogP contribution < -0.4 is 10.6 Å². The van der Waals surface area contributed by atoms with Gasteiger partial charge in [0.15, 0.2) is 0 Å². The number of rotatable bonds is 3. The maximum Gasteiger partial charge on any atom is 0.296 e. The third-order valence-electron chi connectivity index (χ3n) is 0.915. The third kappa shape index (κ3) is 4.97. The molecule has 60 valence electrons. The number of carbonyl (C=O) groups is 2. The lowest BCUT2D eigenvalue weighted by Gasteiger charge is -2.00. The molecule has 2 amide bonds. The molecule has 0 aliphatic rings. The van der Waals surface area contributed by atoms with Gasteiger partial charge in [0.1, 0.15) is 0 Å². The summed E-state index contributed by atoms with van der Waals surface area (Å²) in [5.74, 6) is 1.02. The summed E-state index contributed by atoms with van der Waals surface area (Å²) in [4.78, 5) is 21.1. The van der Waals surface area contributed by atoms with Crippen LogP contribution in [0.1, 0.15) is 6.92 Å². The Labute approximate surface area is 65.4 Å². The fraction of sp³-hybridized carbons (Fsp3) is 0.429. The normalized spacial score (nSPS) is 8.00. The van der Waals surface area contributed by atoms with Gasteiger partial charge >= 0.3 is 0 Å². The van der Waals surface area contributed by atoms with E-state index in [0.29, 0.717) is 6.54 Å². The quantitative estimate of drug-likeness (QED) is 0.505. The Bertz CT molecular complexity index is 193. The van der Waals surface area contributed by atoms with E-state index in [1.807, 2.05) is 5.92 Å². The van der Waals surface area contributed by atoms with Crippen molar-refractivity contribution in [2.75, 3.05) is 13.1 Å². The van der Waals surface area contributed by atoms with Crippen molar-refractivity contribution in [2.24, 2.45) is 0 Å². The van der Waals surface area contributed by atoms with Crippen molar-refractivity contribution in [1.82, 2.24) is 10.6 Å². The molecule has 0 atom stereocenters. The lowest BCUT2D eigenvalue weighted by molar-refractivity contribution is -0.123. The second-order valence-electron chi connectivity index (χ2n) is 1.78. The van der Waals surface area contributed by atoms with Crippen molar-refractivity contribution < 1.29 is 9.59 Å². The highest BCUT2D eigenvalue weighted by Crippen LogP contribution is 1.64. The van der Waals surface area contributed by atoms with Gasteiger partial charge in [-0.15, -0.1) is 6.42 Å². The van der Waals surface area contributed by atoms with Gasteiger partial charge in [0.05, 0.1) is 6.54 Å². The van der Waals surface area contributed by atoms with E-state index >= 15 is 0 Å². The monoisotopic (exact) mass is 154 g/mol. The third-order valence-corrected chi connectivity index (χ3v) is 0.915. The van der Waals surface area contributed by atoms with Crippen LogP contribution in [0.15, 0.2) is 0 Å². The zero-order chi connectivity index (χ0) is 8.69. The maximum absolute atomic E-state index is 10.7. The largest absolute Gasteiger partial charge is 0.355 e. The van der Waals surface area contributed by atoms with Gasteiger partial charge in [-0.2, -0.15) is 0 Å². The number of carbonyl (C=O) groups excluding carboxylic acids is 2. The van der Waals surface area contributed by atoms with Crippen molar-refractivity contribution in [3.63, 3.8) is 0 Å². The van der Waals surface area contributed by atoms with Crippen LogP contribution >= 0.6 is 0 Å². The van der Waals surface area contributed by atoms with Gasteiger partial charge in [-0.25, -0.2) is 0 Å². The van der Waals surface area contributed by atoms with Crippen LogP contribution in [0.2, 0.25) is 0 Å². The van der Waals surface area contributed by atoms with Crippen molar-refractivity contribution in [3.8, 4) is 12.3 Å². The molecule has 0 fully saturated rings. The molecule has 11 heavy (non-hydrogen) atoms. The highest BCUT2D eigenvalue weighted by atomic mass is 16.2. The Morgan fingerprint density at radius 2 is 2.09 bits per heavy atom. The molecule has 0 saturated carbocycles. The number of terminal acetylenes is 1. The van der Waals surface area contributed by atoms with E-state index in [4.69, 9.17) is 6.42 Å². The van der Waals surface area contributed by atoms with Gasteiger partial charge in [-0.05, 0) is 12.8 Å². The second-order valence-corrected chi connectivity index (χ2v) is 1.78. The molecule has 0 bridgehead atoms. The molecule has 0 heterocycles. The lowest BCUT2D eigenvalue weighted by atomic mass is 10.5. The van der Waals surface area contributed by atoms with Crippen molar-refractivity contribution in [2.45, 2.75) is 6.92 Å². The van der Waals surface area contributed by atoms with Gasteiger partial charge in [-0.1, -0.05) is 0 Å². The molecule has 2 N–H and O–H groups in total. The molecule has 0 aromatic heterocycles. The lowest BCUT2D eigenvalue weighted by Crippen LogP contribution is -2.36. The van der Waals surface area contributed by atoms with Gasteiger partial charge in [0, 0.05) is 6.54 Å². The first kappa shape index (κ1) is 9.50. The second kappa shape index (κ2) is 5.30. The van der Waals surface area contributed by atoms with E-state index in [2.05, 4.69) is 10.6 Å². The average molecular weight is 154 g/mol. The Morgan fingerprint density at radius 3 is 2.55 bits per heavy atom. The number of likely N-dealkylation sites (N-methyl/N-ethyl adjacent to an activating group) is 1. The predicted molar refractivity (Wildman–Crippen MR) is 40.5 cm³/mol. The highest BCUT2D eigenvalue weighted by Gasteiger charge is 1.99. The molecular formula is C7H10N2O2. The summed E-state index contributed by atoms with van der Waals surface area (Å²) in [5.41, 5.74) is 0. The molecule has 0 aliphatic heterocycles. The summed E-state index contributed by atoms with van der Waals surface area (Å²) in [6, 6.07) is 0. The minimum atomic E-state index is -0.573. The smallest absolute Gasteiger partial charge is 0.296 e. The van der Waals surface area contributed by atoms with Crippen LogP contribution in [0.3, 0.4) is 0 Å². The van der Waals surface area contributed by atoms with E-state index < -0.39 is 5.91 Å². The molecule has 4 nitrogen and oxygen atoms in total. The van der Waals surface area contributed by atoms with E-state index in [-0.39, 0.29) is 12.5 Å². The van der Waals surface area contributed by atoms with E-state index in [1.165, 1.54) is 0 Å². The standard InChI is InChI=1S/C7H10N2O2/c1-3-6(10)9-5-7(11)8-4-2/h1H,4-5H2,2H3,(H,8,11)(H,9,10). The highest BCUT2D eigenvalue weighted by molar-refractivity contribution is 5.95. The molecule has 4 heteroatoms. The molecular weight excluding hydrogens is 144 g/mol. The van der Waals surface area contributed by atoms with Gasteiger partial charge < -0.3 is 10.6 Å². The minimum absolute atomic E-state index is 0.0587. The molecule has 0 saturated heterocycles. The van der Waals surface area contributed by atoms with Crippen LogP contribution in [-0.2, 0) is 9.59 Å². The molecule has 0 unspecified atom stereocenters. The molecule has 0 spiro atoms. The summed E-state index contributed by atoms with van der Waals surface area (Å²) in [7, 11) is 0. The first-order valence-electron chi connectivity index (χ1n) is 3.21. The van der Waals surface area contributed by atoms with Crippen LogP contribution in [0.4, 0.5) is 0 Å². The van der Waals surface area contributed by atoms with Gasteiger partial charge in [0.2, 0.25) is 5.91 Å². The van der Waals surface area contributed by atoms with Crippen LogP contribution in [0.5, 0.6) is 0 Å². The number of hydrogen-bond donors (Lipinski definition) is 2. The fourth-order valence-electron chi connectivity index (χ4n) is 0.471. The van der Waals surface area contributed by atoms with Crippen molar-refractivity contribution >= 4 is 11.8 Å². The van der Waals surface area contributed by atoms with Gasteiger partial charge in [-0.3, -0.25) is 9.59 Å². The summed E-state index contributed by atoms with van der Waals surface area (Å²) in [5, 5.41) is 4.73. The first-order chi connectivity index (χ1) is 5.20. The summed E-state index contributed by atoms with van der Waals surface area (Å²) in [6.07, 6.45) is 4.74. The van der Waals surface area contributed by atoms with E-state index in [9.17, 15) is 9.59 Å². The summed E-state index contributed by atoms with van der Waals surface area (Å²) >= 11 is 0. The summed E-state index contributed by atoms with van der Waals surface area (Å²) in [6.45, 7) is 2.28. The Morgan fingerprint density at radius 1 is 1.45 bits per heavy atom. The Kier molecular flexibility index (Phi) is 4.58. The number of amides is 2. The van der Waals surface area contributed by atoms with Crippen molar-refractivity contribution in [1.29, 1.82) is 0 Å². The number of nitrogens with one attached hydrogen (secondary N) is 2. The summed E-state index contributed by atoms with van der Waals surface area (Å²) < 4.78 is 0. The van der Waals surface area contributed by atoms with E-state index in [1.54, 1.807) is 6.92 Å². The minimum Gasteiger partial charge on any atom is -0.355 e. The van der Waals surface area contributed by atoms with Gasteiger partial charge in [0.25, 0.3) is 5.91 Å². The molecule has 0 rings (SSSR count). The van der Waals surface area contributed by atoms with E-state index in [0.717, 1.165) is 0 Å². The number of hydrogen-bond acceptors (Lipinski definition) is 2. The Balaban J connectivity index is 3.48. The Hall–Kier alpha value is -1.50. The zero-order valence-electron chi connectivity index (χ0n) is 6.31. The van der Waals surface area contributed by atoms with Crippen LogP contribution in [0, 0.1) is 12.3 Å². The molecule has 0 aromatic rings. The molecule has 0 radical (unpaired) electrons. The van der Waals surface area contributed by atoms with Crippen LogP contribution in [-0.4, -0.2) is 24.9 Å². The molecule has 0 aromatic carbocycles. The predicted octanol–water partition coefficient (Wildman–Crippen LogP) is -1.13. The fourth-order valence-corrected chi connectivity index (χ4v) is 0.471. The average Bonchev–Trinajstić information content (AvgIpc) is 2.01. The molecule has 0 aliphatic carbocycles. The zero-order valence-corrected chi connectivity index (χ0v) is 6.31. The van der Waals surface area contributed by atoms with Crippen LogP contribution in [0.25, 0.3) is 0 Å².